The SMILES string of the molecule is CC(C)(C)CC1C[C@H](O)[C@H](n2ccc(N)nc2=O)O1. The Morgan fingerprint density at radius 3 is 2.84 bits per heavy atom. The first-order valence-electron chi connectivity index (χ1n) is 6.44. The summed E-state index contributed by atoms with van der Waals surface area (Å²) in [5.41, 5.74) is 5.06. The Morgan fingerprint density at radius 2 is 2.26 bits per heavy atom. The maximum atomic E-state index is 11.7. The largest absolute Gasteiger partial charge is 0.388 e. The molecule has 19 heavy (non-hydrogen) atoms. The van der Waals surface area contributed by atoms with Crippen LogP contribution in [0.4, 0.5) is 5.82 Å². The highest BCUT2D eigenvalue weighted by Crippen LogP contribution is 2.34. The molecule has 1 unspecified atom stereocenters. The molecule has 3 N–H and O–H groups in total. The molecule has 0 aromatic carbocycles. The van der Waals surface area contributed by atoms with Gasteiger partial charge in [-0.25, -0.2) is 4.79 Å². The number of hydrogen-bond acceptors (Lipinski definition) is 5. The van der Waals surface area contributed by atoms with E-state index < -0.39 is 18.0 Å². The van der Waals surface area contributed by atoms with Gasteiger partial charge in [-0.05, 0) is 17.9 Å². The molecular formula is C13H21N3O3. The van der Waals surface area contributed by atoms with Gasteiger partial charge in [-0.15, -0.1) is 0 Å². The van der Waals surface area contributed by atoms with Crippen LogP contribution < -0.4 is 11.4 Å². The van der Waals surface area contributed by atoms with Crippen molar-refractivity contribution in [3.63, 3.8) is 0 Å². The Hall–Kier alpha value is -1.40. The molecule has 6 nitrogen and oxygen atoms in total. The molecule has 1 aliphatic rings. The number of aliphatic hydroxyl groups is 1. The van der Waals surface area contributed by atoms with E-state index in [0.29, 0.717) is 6.42 Å². The number of aromatic nitrogens is 2. The van der Waals surface area contributed by atoms with Gasteiger partial charge in [0.25, 0.3) is 0 Å². The van der Waals surface area contributed by atoms with E-state index in [9.17, 15) is 9.90 Å². The van der Waals surface area contributed by atoms with E-state index in [1.54, 1.807) is 0 Å². The minimum atomic E-state index is -0.699. The van der Waals surface area contributed by atoms with Gasteiger partial charge in [-0.2, -0.15) is 4.98 Å². The molecule has 2 heterocycles. The lowest BCUT2D eigenvalue weighted by Gasteiger charge is -2.23. The van der Waals surface area contributed by atoms with Crippen molar-refractivity contribution >= 4 is 5.82 Å². The summed E-state index contributed by atoms with van der Waals surface area (Å²) in [6.07, 6.45) is 1.45. The second kappa shape index (κ2) is 4.94. The van der Waals surface area contributed by atoms with Gasteiger partial charge in [0.2, 0.25) is 0 Å². The van der Waals surface area contributed by atoms with Crippen LogP contribution in [0.15, 0.2) is 17.1 Å². The molecule has 0 aliphatic carbocycles. The summed E-state index contributed by atoms with van der Waals surface area (Å²) in [6.45, 7) is 6.35. The van der Waals surface area contributed by atoms with Crippen molar-refractivity contribution < 1.29 is 9.84 Å². The molecule has 6 heteroatoms. The number of anilines is 1. The van der Waals surface area contributed by atoms with Crippen LogP contribution in [0, 0.1) is 5.41 Å². The third-order valence-electron chi connectivity index (χ3n) is 3.13. The van der Waals surface area contributed by atoms with E-state index in [4.69, 9.17) is 10.5 Å². The Bertz CT molecular complexity index is 507. The first kappa shape index (κ1) is 14.0. The van der Waals surface area contributed by atoms with Gasteiger partial charge in [-0.3, -0.25) is 4.57 Å². The zero-order chi connectivity index (χ0) is 14.2. The maximum Gasteiger partial charge on any atom is 0.351 e. The molecule has 0 bridgehead atoms. The highest BCUT2D eigenvalue weighted by Gasteiger charge is 2.37. The Morgan fingerprint density at radius 1 is 1.58 bits per heavy atom. The average molecular weight is 267 g/mol. The predicted octanol–water partition coefficient (Wildman–Crippen LogP) is 0.910. The number of rotatable bonds is 2. The van der Waals surface area contributed by atoms with Crippen LogP contribution in [0.25, 0.3) is 0 Å². The van der Waals surface area contributed by atoms with Gasteiger partial charge in [0.05, 0.1) is 6.10 Å². The molecule has 106 valence electrons. The first-order chi connectivity index (χ1) is 8.76. The summed E-state index contributed by atoms with van der Waals surface area (Å²) in [7, 11) is 0. The Labute approximate surface area is 112 Å². The second-order valence-electron chi connectivity index (χ2n) is 6.26. The van der Waals surface area contributed by atoms with Crippen LogP contribution >= 0.6 is 0 Å². The van der Waals surface area contributed by atoms with Crippen LogP contribution in [-0.4, -0.2) is 26.9 Å². The predicted molar refractivity (Wildman–Crippen MR) is 71.5 cm³/mol. The smallest absolute Gasteiger partial charge is 0.351 e. The van der Waals surface area contributed by atoms with E-state index in [2.05, 4.69) is 25.8 Å². The van der Waals surface area contributed by atoms with Crippen LogP contribution in [-0.2, 0) is 4.74 Å². The van der Waals surface area contributed by atoms with Crippen LogP contribution in [0.3, 0.4) is 0 Å². The van der Waals surface area contributed by atoms with Crippen molar-refractivity contribution in [2.24, 2.45) is 5.41 Å². The van der Waals surface area contributed by atoms with E-state index in [0.717, 1.165) is 6.42 Å². The second-order valence-corrected chi connectivity index (χ2v) is 6.26. The molecule has 0 spiro atoms. The van der Waals surface area contributed by atoms with Crippen LogP contribution in [0.5, 0.6) is 0 Å². The summed E-state index contributed by atoms with van der Waals surface area (Å²) in [5, 5.41) is 10.1. The van der Waals surface area contributed by atoms with Crippen molar-refractivity contribution in [2.75, 3.05) is 5.73 Å². The van der Waals surface area contributed by atoms with E-state index in [1.165, 1.54) is 16.8 Å². The summed E-state index contributed by atoms with van der Waals surface area (Å²) in [6, 6.07) is 1.52. The van der Waals surface area contributed by atoms with Crippen LogP contribution in [0.1, 0.15) is 39.8 Å². The van der Waals surface area contributed by atoms with Crippen molar-refractivity contribution in [1.29, 1.82) is 0 Å². The lowest BCUT2D eigenvalue weighted by molar-refractivity contribution is -0.0487. The summed E-state index contributed by atoms with van der Waals surface area (Å²) < 4.78 is 7.08. The molecule has 0 amide bonds. The third kappa shape index (κ3) is 3.33. The van der Waals surface area contributed by atoms with Gasteiger partial charge in [0, 0.05) is 12.6 Å². The van der Waals surface area contributed by atoms with Crippen molar-refractivity contribution in [2.45, 2.75) is 52.0 Å². The zero-order valence-electron chi connectivity index (χ0n) is 11.5. The van der Waals surface area contributed by atoms with Gasteiger partial charge in [0.1, 0.15) is 11.9 Å². The zero-order valence-corrected chi connectivity index (χ0v) is 11.5. The molecule has 0 saturated carbocycles. The van der Waals surface area contributed by atoms with Crippen molar-refractivity contribution in [1.82, 2.24) is 9.55 Å². The highest BCUT2D eigenvalue weighted by atomic mass is 16.5. The molecule has 0 radical (unpaired) electrons. The summed E-state index contributed by atoms with van der Waals surface area (Å²) in [5.74, 6) is 0.167. The number of nitrogens with zero attached hydrogens (tertiary/aromatic N) is 2. The normalized spacial score (nSPS) is 27.7. The minimum absolute atomic E-state index is 0.0514. The Balaban J connectivity index is 2.16. The number of ether oxygens (including phenoxy) is 1. The van der Waals surface area contributed by atoms with Crippen LogP contribution in [0.2, 0.25) is 0 Å². The van der Waals surface area contributed by atoms with Gasteiger partial charge < -0.3 is 15.6 Å². The van der Waals surface area contributed by atoms with Crippen molar-refractivity contribution in [3.05, 3.63) is 22.7 Å². The van der Waals surface area contributed by atoms with E-state index in [1.807, 2.05) is 0 Å². The number of nitrogens with two attached hydrogens (primary N) is 1. The van der Waals surface area contributed by atoms with Gasteiger partial charge >= 0.3 is 5.69 Å². The lowest BCUT2D eigenvalue weighted by Crippen LogP contribution is -2.31. The highest BCUT2D eigenvalue weighted by molar-refractivity contribution is 5.23. The molecule has 2 rings (SSSR count). The van der Waals surface area contributed by atoms with Gasteiger partial charge in [0.15, 0.2) is 6.23 Å². The number of nitrogen functional groups attached to an aromatic ring is 1. The molecule has 1 fully saturated rings. The molecule has 3 atom stereocenters. The Kier molecular flexibility index (Phi) is 3.64. The maximum absolute atomic E-state index is 11.7. The topological polar surface area (TPSA) is 90.4 Å². The van der Waals surface area contributed by atoms with Crippen molar-refractivity contribution in [3.8, 4) is 0 Å². The monoisotopic (exact) mass is 267 g/mol. The molecule has 1 aromatic heterocycles. The molecule has 1 aliphatic heterocycles. The first-order valence-corrected chi connectivity index (χ1v) is 6.44. The fraction of sp³-hybridized carbons (Fsp3) is 0.692. The fourth-order valence-electron chi connectivity index (χ4n) is 2.41. The molecule has 1 aromatic rings. The minimum Gasteiger partial charge on any atom is -0.388 e. The molecule has 1 saturated heterocycles. The standard InChI is InChI=1S/C13H21N3O3/c1-13(2,3)7-8-6-9(17)11(19-8)16-5-4-10(14)15-12(16)18/h4-5,8-9,11,17H,6-7H2,1-3H3,(H2,14,15,18)/t8?,9-,11+/m0/s1. The third-order valence-corrected chi connectivity index (χ3v) is 3.13. The quantitative estimate of drug-likeness (QED) is 0.831. The fourth-order valence-corrected chi connectivity index (χ4v) is 2.41. The number of aliphatic hydroxyl groups excluding tert-OH is 1. The number of hydrogen-bond donors (Lipinski definition) is 2. The van der Waals surface area contributed by atoms with E-state index >= 15 is 0 Å². The summed E-state index contributed by atoms with van der Waals surface area (Å²) in [4.78, 5) is 15.4. The van der Waals surface area contributed by atoms with Gasteiger partial charge in [-0.1, -0.05) is 20.8 Å². The summed E-state index contributed by atoms with van der Waals surface area (Å²) >= 11 is 0. The van der Waals surface area contributed by atoms with E-state index in [-0.39, 0.29) is 17.3 Å². The molecular weight excluding hydrogens is 246 g/mol. The average Bonchev–Trinajstić information content (AvgIpc) is 2.56. The lowest BCUT2D eigenvalue weighted by atomic mass is 9.88.